The van der Waals surface area contributed by atoms with Crippen molar-refractivity contribution in [1.29, 1.82) is 0 Å². The molecule has 2 aliphatic heterocycles. The average molecular weight is 515 g/mol. The highest BCUT2D eigenvalue weighted by molar-refractivity contribution is 7.91. The van der Waals surface area contributed by atoms with Crippen LogP contribution in [0.4, 0.5) is 11.6 Å². The summed E-state index contributed by atoms with van der Waals surface area (Å²) in [7, 11) is -3.16. The van der Waals surface area contributed by atoms with Gasteiger partial charge in [-0.1, -0.05) is 0 Å². The summed E-state index contributed by atoms with van der Waals surface area (Å²) in [6.45, 7) is 0.485. The van der Waals surface area contributed by atoms with Gasteiger partial charge in [-0.25, -0.2) is 8.42 Å². The van der Waals surface area contributed by atoms with Crippen molar-refractivity contribution in [2.75, 3.05) is 35.2 Å². The smallest absolute Gasteiger partial charge is 0.315 e. The molecule has 12 heteroatoms. The average Bonchev–Trinajstić information content (AvgIpc) is 3.42. The normalized spacial score (nSPS) is 33.5. The van der Waals surface area contributed by atoms with Gasteiger partial charge in [0.15, 0.2) is 15.7 Å². The number of aliphatic hydroxyl groups is 1. The first-order valence-corrected chi connectivity index (χ1v) is 14.6. The van der Waals surface area contributed by atoms with E-state index in [1.54, 1.807) is 0 Å². The third-order valence-corrected chi connectivity index (χ3v) is 10.6. The number of aromatic amines is 1. The predicted octanol–water partition coefficient (Wildman–Crippen LogP) is 1.11. The number of sulfone groups is 1. The quantitative estimate of drug-likeness (QED) is 0.439. The van der Waals surface area contributed by atoms with Gasteiger partial charge in [0.1, 0.15) is 5.82 Å². The van der Waals surface area contributed by atoms with Crippen molar-refractivity contribution in [2.45, 2.75) is 50.3 Å². The molecule has 2 amide bonds. The molecule has 3 unspecified atom stereocenters. The highest BCUT2D eigenvalue weighted by Crippen LogP contribution is 2.60. The van der Waals surface area contributed by atoms with Crippen molar-refractivity contribution < 1.29 is 23.1 Å². The molecule has 4 heterocycles. The Morgan fingerprint density at radius 1 is 1.14 bits per heavy atom. The first-order valence-electron chi connectivity index (χ1n) is 12.8. The summed E-state index contributed by atoms with van der Waals surface area (Å²) >= 11 is 0. The van der Waals surface area contributed by atoms with Crippen LogP contribution in [0.2, 0.25) is 0 Å². The Balaban J connectivity index is 1.22. The zero-order valence-corrected chi connectivity index (χ0v) is 20.7. The molecule has 192 valence electrons. The number of carbonyl (C=O) groups excluding carboxylic acids is 2. The van der Waals surface area contributed by atoms with Crippen LogP contribution in [0.1, 0.15) is 43.7 Å². The standard InChI is InChI=1S/C24H30N6O5S/c31-22(23(32)29-3-5-36(34,35)6-4-29)27-21-17-12-26-20-16(1-2-25-20)19(17)30(28-21)18-14-7-13-8-15(18)11-24(33,9-13)10-14/h1-2,13-15,18,25-26,33H,3-12H2,(H,27,28,31)/t13?,14-,15+,18?,24?. The van der Waals surface area contributed by atoms with E-state index in [2.05, 4.69) is 20.3 Å². The second-order valence-electron chi connectivity index (χ2n) is 11.3. The Labute approximate surface area is 208 Å². The lowest BCUT2D eigenvalue weighted by molar-refractivity contribution is -0.148. The van der Waals surface area contributed by atoms with Gasteiger partial charge in [-0.05, 0) is 55.9 Å². The largest absolute Gasteiger partial charge is 0.390 e. The van der Waals surface area contributed by atoms with Gasteiger partial charge in [0.25, 0.3) is 0 Å². The van der Waals surface area contributed by atoms with Crippen LogP contribution in [0.15, 0.2) is 12.3 Å². The van der Waals surface area contributed by atoms with Crippen molar-refractivity contribution in [1.82, 2.24) is 19.7 Å². The first kappa shape index (κ1) is 22.3. The molecule has 5 atom stereocenters. The van der Waals surface area contributed by atoms with Gasteiger partial charge in [-0.3, -0.25) is 14.3 Å². The van der Waals surface area contributed by atoms with Crippen molar-refractivity contribution in [2.24, 2.45) is 17.8 Å². The fourth-order valence-corrected chi connectivity index (χ4v) is 8.90. The number of carbonyl (C=O) groups is 2. The molecule has 1 saturated heterocycles. The van der Waals surface area contributed by atoms with E-state index in [1.165, 1.54) is 4.90 Å². The third kappa shape index (κ3) is 3.41. The first-order chi connectivity index (χ1) is 17.2. The van der Waals surface area contributed by atoms with E-state index in [4.69, 9.17) is 5.10 Å². The molecule has 8 rings (SSSR count). The van der Waals surface area contributed by atoms with E-state index in [0.717, 1.165) is 54.7 Å². The minimum atomic E-state index is -3.16. The molecule has 11 nitrogen and oxygen atoms in total. The predicted molar refractivity (Wildman–Crippen MR) is 131 cm³/mol. The van der Waals surface area contributed by atoms with Gasteiger partial charge in [0.05, 0.1) is 28.8 Å². The number of fused-ring (bicyclic) bond motifs is 3. The number of hydrogen-bond donors (Lipinski definition) is 4. The summed E-state index contributed by atoms with van der Waals surface area (Å²) in [5.74, 6) is 0.657. The van der Waals surface area contributed by atoms with Gasteiger partial charge >= 0.3 is 11.8 Å². The number of anilines is 2. The number of aromatic nitrogens is 3. The Morgan fingerprint density at radius 2 is 1.86 bits per heavy atom. The van der Waals surface area contributed by atoms with E-state index in [0.29, 0.717) is 30.1 Å². The van der Waals surface area contributed by atoms with Crippen LogP contribution in [0, 0.1) is 17.8 Å². The topological polar surface area (TPSA) is 149 Å². The van der Waals surface area contributed by atoms with E-state index in [-0.39, 0.29) is 30.6 Å². The Kier molecular flexibility index (Phi) is 4.70. The van der Waals surface area contributed by atoms with Gasteiger partial charge in [0.2, 0.25) is 0 Å². The lowest BCUT2D eigenvalue weighted by Crippen LogP contribution is -2.55. The third-order valence-electron chi connectivity index (χ3n) is 8.98. The summed E-state index contributed by atoms with van der Waals surface area (Å²) in [4.78, 5) is 30.3. The van der Waals surface area contributed by atoms with Gasteiger partial charge in [-0.15, -0.1) is 0 Å². The molecule has 4 saturated carbocycles. The molecule has 0 aromatic carbocycles. The van der Waals surface area contributed by atoms with E-state index in [9.17, 15) is 23.1 Å². The highest BCUT2D eigenvalue weighted by atomic mass is 32.2. The van der Waals surface area contributed by atoms with Gasteiger partial charge in [-0.2, -0.15) is 5.10 Å². The van der Waals surface area contributed by atoms with Crippen LogP contribution in [0.5, 0.6) is 0 Å². The minimum Gasteiger partial charge on any atom is -0.390 e. The van der Waals surface area contributed by atoms with Gasteiger partial charge in [0, 0.05) is 37.0 Å². The molecule has 0 spiro atoms. The minimum absolute atomic E-state index is 0.0188. The molecule has 6 aliphatic rings. The number of nitrogens with zero attached hydrogens (tertiary/aromatic N) is 3. The van der Waals surface area contributed by atoms with Crippen molar-refractivity contribution in [3.8, 4) is 11.3 Å². The molecule has 4 aliphatic carbocycles. The lowest BCUT2D eigenvalue weighted by atomic mass is 9.52. The Bertz CT molecular complexity index is 1350. The van der Waals surface area contributed by atoms with E-state index < -0.39 is 27.3 Å². The summed E-state index contributed by atoms with van der Waals surface area (Å²) in [6.07, 6.45) is 6.47. The molecular weight excluding hydrogens is 484 g/mol. The summed E-state index contributed by atoms with van der Waals surface area (Å²) in [5, 5.41) is 22.1. The fraction of sp³-hybridized carbons (Fsp3) is 0.625. The fourth-order valence-electron chi connectivity index (χ4n) is 7.70. The molecule has 36 heavy (non-hydrogen) atoms. The Hall–Kier alpha value is -2.86. The monoisotopic (exact) mass is 514 g/mol. The number of nitrogens with one attached hydrogen (secondary N) is 3. The van der Waals surface area contributed by atoms with Crippen LogP contribution in [-0.2, 0) is 26.0 Å². The molecule has 4 N–H and O–H groups in total. The van der Waals surface area contributed by atoms with Crippen LogP contribution < -0.4 is 10.6 Å². The number of amides is 2. The van der Waals surface area contributed by atoms with Crippen molar-refractivity contribution >= 4 is 33.3 Å². The second kappa shape index (κ2) is 7.58. The SMILES string of the molecule is O=C(Nc1nn(C2[C@@H]3CC4C[C@H]2CC(O)(C4)C3)c2c1CNc1[nH]ccc1-2)C(=O)N1CCS(=O)(=O)CC1. The number of hydrogen-bond acceptors (Lipinski definition) is 7. The summed E-state index contributed by atoms with van der Waals surface area (Å²) in [5.41, 5.74) is 2.19. The van der Waals surface area contributed by atoms with Crippen molar-refractivity contribution in [3.63, 3.8) is 0 Å². The molecular formula is C24H30N6O5S. The molecule has 2 aromatic heterocycles. The zero-order valence-electron chi connectivity index (χ0n) is 19.9. The maximum atomic E-state index is 13.0. The van der Waals surface area contributed by atoms with Gasteiger partial charge < -0.3 is 25.6 Å². The van der Waals surface area contributed by atoms with E-state index >= 15 is 0 Å². The second-order valence-corrected chi connectivity index (χ2v) is 13.6. The lowest BCUT2D eigenvalue weighted by Gasteiger charge is -2.58. The molecule has 5 fully saturated rings. The number of H-pyrrole nitrogens is 1. The van der Waals surface area contributed by atoms with Crippen LogP contribution in [0.25, 0.3) is 11.3 Å². The Morgan fingerprint density at radius 3 is 2.56 bits per heavy atom. The van der Waals surface area contributed by atoms with Crippen LogP contribution in [0.3, 0.4) is 0 Å². The molecule has 2 aromatic rings. The van der Waals surface area contributed by atoms with E-state index in [1.807, 2.05) is 12.3 Å². The van der Waals surface area contributed by atoms with Crippen molar-refractivity contribution in [3.05, 3.63) is 17.8 Å². The molecule has 4 bridgehead atoms. The van der Waals surface area contributed by atoms with Crippen LogP contribution in [-0.4, -0.2) is 75.2 Å². The highest BCUT2D eigenvalue weighted by Gasteiger charge is 2.56. The molecule has 0 radical (unpaired) electrons. The maximum absolute atomic E-state index is 13.0. The number of rotatable bonds is 2. The maximum Gasteiger partial charge on any atom is 0.315 e. The summed E-state index contributed by atoms with van der Waals surface area (Å²) in [6, 6.07) is 2.12. The van der Waals surface area contributed by atoms with Crippen LogP contribution >= 0.6 is 0 Å². The summed E-state index contributed by atoms with van der Waals surface area (Å²) < 4.78 is 25.5. The zero-order chi connectivity index (χ0) is 24.8.